The van der Waals surface area contributed by atoms with Crippen molar-refractivity contribution in [1.29, 1.82) is 0 Å². The second-order valence-electron chi connectivity index (χ2n) is 5.72. The summed E-state index contributed by atoms with van der Waals surface area (Å²) in [4.78, 5) is 10.7. The normalized spacial score (nSPS) is 16.6. The van der Waals surface area contributed by atoms with E-state index in [1.807, 2.05) is 0 Å². The van der Waals surface area contributed by atoms with Crippen LogP contribution in [0, 0.1) is 0 Å². The number of hydrogen-bond acceptors (Lipinski definition) is 4. The quantitative estimate of drug-likeness (QED) is 0.860. The van der Waals surface area contributed by atoms with E-state index in [0.717, 1.165) is 44.7 Å². The molecule has 22 heavy (non-hydrogen) atoms. The van der Waals surface area contributed by atoms with Crippen molar-refractivity contribution in [2.75, 3.05) is 25.0 Å². The van der Waals surface area contributed by atoms with Gasteiger partial charge in [-0.2, -0.15) is 0 Å². The second-order valence-corrected chi connectivity index (χ2v) is 6.11. The topological polar surface area (TPSA) is 41.0 Å². The summed E-state index contributed by atoms with van der Waals surface area (Å²) in [6.07, 6.45) is 4.90. The van der Waals surface area contributed by atoms with Crippen LogP contribution in [-0.4, -0.2) is 40.5 Å². The molecule has 1 aromatic heterocycles. The monoisotopic (exact) mass is 316 g/mol. The van der Waals surface area contributed by atoms with Gasteiger partial charge < -0.3 is 10.2 Å². The zero-order valence-corrected chi connectivity index (χ0v) is 13.3. The first-order chi connectivity index (χ1) is 10.8. The lowest BCUT2D eigenvalue weighted by Crippen LogP contribution is -2.40. The van der Waals surface area contributed by atoms with Crippen molar-refractivity contribution in [3.63, 3.8) is 0 Å². The first kappa shape index (κ1) is 15.3. The maximum Gasteiger partial charge on any atom is 0.134 e. The first-order valence-electron chi connectivity index (χ1n) is 7.80. The van der Waals surface area contributed by atoms with Crippen LogP contribution >= 0.6 is 11.6 Å². The van der Waals surface area contributed by atoms with Crippen LogP contribution in [0.15, 0.2) is 42.7 Å². The number of anilines is 1. The van der Waals surface area contributed by atoms with E-state index < -0.39 is 0 Å². The van der Waals surface area contributed by atoms with E-state index in [0.29, 0.717) is 11.2 Å². The molecule has 1 aliphatic heterocycles. The van der Waals surface area contributed by atoms with Crippen LogP contribution in [0.2, 0.25) is 5.15 Å². The molecule has 4 nitrogen and oxygen atoms in total. The van der Waals surface area contributed by atoms with Gasteiger partial charge in [0.05, 0.1) is 0 Å². The van der Waals surface area contributed by atoms with Gasteiger partial charge in [-0.15, -0.1) is 0 Å². The molecule has 0 saturated carbocycles. The average molecular weight is 317 g/mol. The van der Waals surface area contributed by atoms with E-state index in [1.165, 1.54) is 11.9 Å². The van der Waals surface area contributed by atoms with Crippen LogP contribution in [0.25, 0.3) is 0 Å². The number of nitrogens with one attached hydrogen (secondary N) is 1. The molecule has 0 radical (unpaired) electrons. The molecule has 2 aromatic rings. The number of hydrogen-bond donors (Lipinski definition) is 1. The van der Waals surface area contributed by atoms with Crippen molar-refractivity contribution >= 4 is 17.4 Å². The summed E-state index contributed by atoms with van der Waals surface area (Å²) < 4.78 is 0. The zero-order chi connectivity index (χ0) is 15.2. The molecule has 0 aliphatic carbocycles. The highest BCUT2D eigenvalue weighted by Crippen LogP contribution is 2.17. The molecule has 116 valence electrons. The van der Waals surface area contributed by atoms with Gasteiger partial charge in [-0.05, 0) is 24.8 Å². The number of likely N-dealkylation sites (tertiary alicyclic amines) is 1. The van der Waals surface area contributed by atoms with E-state index >= 15 is 0 Å². The maximum absolute atomic E-state index is 5.89. The number of benzene rings is 1. The Labute approximate surface area is 136 Å². The lowest BCUT2D eigenvalue weighted by molar-refractivity contribution is 0.221. The van der Waals surface area contributed by atoms with Gasteiger partial charge in [0.2, 0.25) is 0 Å². The highest BCUT2D eigenvalue weighted by atomic mass is 35.5. The second kappa shape index (κ2) is 7.56. The fourth-order valence-electron chi connectivity index (χ4n) is 2.85. The average Bonchev–Trinajstić information content (AvgIpc) is 2.55. The molecule has 1 fully saturated rings. The Balaban J connectivity index is 1.42. The smallest absolute Gasteiger partial charge is 0.134 e. The van der Waals surface area contributed by atoms with Gasteiger partial charge in [0, 0.05) is 31.7 Å². The fraction of sp³-hybridized carbons (Fsp3) is 0.412. The van der Waals surface area contributed by atoms with E-state index in [2.05, 4.69) is 50.5 Å². The Bertz CT molecular complexity index is 582. The predicted molar refractivity (Wildman–Crippen MR) is 90.3 cm³/mol. The number of rotatable bonds is 5. The van der Waals surface area contributed by atoms with Crippen LogP contribution in [0.5, 0.6) is 0 Å². The van der Waals surface area contributed by atoms with Gasteiger partial charge in [0.1, 0.15) is 17.3 Å². The van der Waals surface area contributed by atoms with Gasteiger partial charge in [0.25, 0.3) is 0 Å². The van der Waals surface area contributed by atoms with E-state index in [9.17, 15) is 0 Å². The van der Waals surface area contributed by atoms with Gasteiger partial charge in [-0.3, -0.25) is 0 Å². The molecule has 0 amide bonds. The van der Waals surface area contributed by atoms with E-state index in [-0.39, 0.29) is 0 Å². The van der Waals surface area contributed by atoms with Crippen LogP contribution in [0.4, 0.5) is 5.82 Å². The van der Waals surface area contributed by atoms with Gasteiger partial charge >= 0.3 is 0 Å². The standard InChI is InChI=1S/C17H21ClN4/c18-16-12-17(20-13-19-16)21-15-7-10-22(11-8-15)9-6-14-4-2-1-3-5-14/h1-5,12-13,15H,6-11H2,(H,19,20,21). The Morgan fingerprint density at radius 2 is 1.91 bits per heavy atom. The zero-order valence-electron chi connectivity index (χ0n) is 12.6. The molecular weight excluding hydrogens is 296 g/mol. The number of piperidine rings is 1. The molecule has 1 N–H and O–H groups in total. The molecule has 1 aliphatic rings. The fourth-order valence-corrected chi connectivity index (χ4v) is 3.00. The minimum Gasteiger partial charge on any atom is -0.367 e. The van der Waals surface area contributed by atoms with Crippen molar-refractivity contribution in [1.82, 2.24) is 14.9 Å². The summed E-state index contributed by atoms with van der Waals surface area (Å²) in [7, 11) is 0. The summed E-state index contributed by atoms with van der Waals surface area (Å²) >= 11 is 5.89. The van der Waals surface area contributed by atoms with Crippen molar-refractivity contribution in [2.45, 2.75) is 25.3 Å². The Hall–Kier alpha value is -1.65. The highest BCUT2D eigenvalue weighted by molar-refractivity contribution is 6.29. The first-order valence-corrected chi connectivity index (χ1v) is 8.18. The number of halogens is 1. The van der Waals surface area contributed by atoms with Crippen molar-refractivity contribution in [3.8, 4) is 0 Å². The minimum absolute atomic E-state index is 0.471. The van der Waals surface area contributed by atoms with Crippen molar-refractivity contribution in [2.24, 2.45) is 0 Å². The van der Waals surface area contributed by atoms with E-state index in [4.69, 9.17) is 11.6 Å². The number of aromatic nitrogens is 2. The predicted octanol–water partition coefficient (Wildman–Crippen LogP) is 3.25. The molecule has 1 aromatic carbocycles. The van der Waals surface area contributed by atoms with Crippen molar-refractivity contribution in [3.05, 3.63) is 53.4 Å². The van der Waals surface area contributed by atoms with Crippen LogP contribution in [0.1, 0.15) is 18.4 Å². The molecule has 5 heteroatoms. The van der Waals surface area contributed by atoms with Gasteiger partial charge in [0.15, 0.2) is 0 Å². The molecule has 3 rings (SSSR count). The third kappa shape index (κ3) is 4.42. The summed E-state index contributed by atoms with van der Waals surface area (Å²) in [6.45, 7) is 3.39. The summed E-state index contributed by atoms with van der Waals surface area (Å²) in [6, 6.07) is 12.9. The molecule has 2 heterocycles. The van der Waals surface area contributed by atoms with Gasteiger partial charge in [-0.25, -0.2) is 9.97 Å². The highest BCUT2D eigenvalue weighted by Gasteiger charge is 2.19. The lowest BCUT2D eigenvalue weighted by atomic mass is 10.0. The molecule has 0 bridgehead atoms. The summed E-state index contributed by atoms with van der Waals surface area (Å²) in [5.41, 5.74) is 1.42. The molecule has 0 spiro atoms. The van der Waals surface area contributed by atoms with Crippen LogP contribution < -0.4 is 5.32 Å². The Morgan fingerprint density at radius 1 is 1.14 bits per heavy atom. The van der Waals surface area contributed by atoms with E-state index in [1.54, 1.807) is 6.07 Å². The molecular formula is C17H21ClN4. The van der Waals surface area contributed by atoms with Crippen LogP contribution in [0.3, 0.4) is 0 Å². The minimum atomic E-state index is 0.471. The molecule has 0 atom stereocenters. The summed E-state index contributed by atoms with van der Waals surface area (Å²) in [5, 5.41) is 3.94. The Kier molecular flexibility index (Phi) is 5.24. The Morgan fingerprint density at radius 3 is 2.64 bits per heavy atom. The summed E-state index contributed by atoms with van der Waals surface area (Å²) in [5.74, 6) is 0.822. The third-order valence-corrected chi connectivity index (χ3v) is 4.34. The van der Waals surface area contributed by atoms with Crippen molar-refractivity contribution < 1.29 is 0 Å². The third-order valence-electron chi connectivity index (χ3n) is 4.13. The molecule has 1 saturated heterocycles. The van der Waals surface area contributed by atoms with Gasteiger partial charge in [-0.1, -0.05) is 41.9 Å². The molecule has 0 unspecified atom stereocenters. The SMILES string of the molecule is Clc1cc(NC2CCN(CCc3ccccc3)CC2)ncn1. The largest absolute Gasteiger partial charge is 0.367 e. The number of nitrogens with zero attached hydrogens (tertiary/aromatic N) is 3. The van der Waals surface area contributed by atoms with Crippen LogP contribution in [-0.2, 0) is 6.42 Å². The lowest BCUT2D eigenvalue weighted by Gasteiger charge is -2.32. The maximum atomic E-state index is 5.89.